The summed E-state index contributed by atoms with van der Waals surface area (Å²) in [6.07, 6.45) is 0.0468. The number of hydrogen-bond donors (Lipinski definition) is 0. The first-order valence-corrected chi connectivity index (χ1v) is 9.44. The number of aromatic nitrogens is 2. The Morgan fingerprint density at radius 3 is 2.42 bits per heavy atom. The lowest BCUT2D eigenvalue weighted by molar-refractivity contribution is -0.146. The van der Waals surface area contributed by atoms with Crippen LogP contribution in [0, 0.1) is 0 Å². The SMILES string of the molecule is COc1ccc(-c2noc(COC(=O)CCOc3ccc(C(C)=O)cc3)n2)cc1OC. The standard InChI is InChI=1S/C22H22N2O7/c1-14(25)15-4-7-17(8-5-15)29-11-10-21(26)30-13-20-23-22(24-31-20)16-6-9-18(27-2)19(12-16)28-3/h4-9,12H,10-11,13H2,1-3H3. The highest BCUT2D eigenvalue weighted by atomic mass is 16.6. The molecule has 1 aromatic heterocycles. The zero-order chi connectivity index (χ0) is 22.2. The molecule has 0 radical (unpaired) electrons. The van der Waals surface area contributed by atoms with E-state index in [0.29, 0.717) is 34.2 Å². The van der Waals surface area contributed by atoms with E-state index >= 15 is 0 Å². The number of carbonyl (C=O) groups excluding carboxylic acids is 2. The van der Waals surface area contributed by atoms with Gasteiger partial charge in [-0.3, -0.25) is 9.59 Å². The zero-order valence-electron chi connectivity index (χ0n) is 17.4. The molecule has 3 aromatic rings. The molecule has 9 nitrogen and oxygen atoms in total. The highest BCUT2D eigenvalue weighted by Crippen LogP contribution is 2.31. The van der Waals surface area contributed by atoms with Crippen LogP contribution in [0.5, 0.6) is 17.2 Å². The summed E-state index contributed by atoms with van der Waals surface area (Å²) in [6, 6.07) is 11.9. The summed E-state index contributed by atoms with van der Waals surface area (Å²) < 4.78 is 26.2. The van der Waals surface area contributed by atoms with Gasteiger partial charge in [-0.15, -0.1) is 0 Å². The van der Waals surface area contributed by atoms with Crippen molar-refractivity contribution >= 4 is 11.8 Å². The van der Waals surface area contributed by atoms with E-state index in [1.165, 1.54) is 14.0 Å². The average Bonchev–Trinajstić information content (AvgIpc) is 3.26. The maximum Gasteiger partial charge on any atom is 0.309 e. The van der Waals surface area contributed by atoms with Crippen molar-refractivity contribution < 1.29 is 33.1 Å². The number of ether oxygens (including phenoxy) is 4. The van der Waals surface area contributed by atoms with Crippen LogP contribution in [-0.4, -0.2) is 42.7 Å². The van der Waals surface area contributed by atoms with Crippen molar-refractivity contribution in [2.24, 2.45) is 0 Å². The lowest BCUT2D eigenvalue weighted by Crippen LogP contribution is -2.10. The third kappa shape index (κ3) is 5.81. The molecule has 162 valence electrons. The van der Waals surface area contributed by atoms with Gasteiger partial charge in [0.15, 0.2) is 23.9 Å². The van der Waals surface area contributed by atoms with E-state index < -0.39 is 5.97 Å². The molecule has 9 heteroatoms. The Labute approximate surface area is 178 Å². The Bertz CT molecular complexity index is 1040. The second-order valence-electron chi connectivity index (χ2n) is 6.42. The first-order chi connectivity index (χ1) is 15.0. The molecule has 0 N–H and O–H groups in total. The molecule has 0 unspecified atom stereocenters. The van der Waals surface area contributed by atoms with E-state index in [-0.39, 0.29) is 31.3 Å². The van der Waals surface area contributed by atoms with Gasteiger partial charge in [-0.25, -0.2) is 0 Å². The van der Waals surface area contributed by atoms with Crippen LogP contribution in [0.3, 0.4) is 0 Å². The quantitative estimate of drug-likeness (QED) is 0.355. The normalized spacial score (nSPS) is 10.4. The van der Waals surface area contributed by atoms with Crippen LogP contribution >= 0.6 is 0 Å². The van der Waals surface area contributed by atoms with E-state index in [1.54, 1.807) is 49.6 Å². The lowest BCUT2D eigenvalue weighted by atomic mass is 10.1. The smallest absolute Gasteiger partial charge is 0.309 e. The maximum atomic E-state index is 11.9. The van der Waals surface area contributed by atoms with Crippen LogP contribution in [0.25, 0.3) is 11.4 Å². The summed E-state index contributed by atoms with van der Waals surface area (Å²) in [5.74, 6) is 1.70. The third-order valence-corrected chi connectivity index (χ3v) is 4.30. The highest BCUT2D eigenvalue weighted by Gasteiger charge is 2.14. The Kier molecular flexibility index (Phi) is 7.21. The van der Waals surface area contributed by atoms with Gasteiger partial charge in [-0.05, 0) is 49.4 Å². The molecule has 0 amide bonds. The fraction of sp³-hybridized carbons (Fsp3) is 0.273. The minimum Gasteiger partial charge on any atom is -0.493 e. The molecule has 0 saturated heterocycles. The topological polar surface area (TPSA) is 110 Å². The van der Waals surface area contributed by atoms with E-state index in [4.69, 9.17) is 23.5 Å². The second kappa shape index (κ2) is 10.2. The molecule has 0 atom stereocenters. The summed E-state index contributed by atoms with van der Waals surface area (Å²) >= 11 is 0. The summed E-state index contributed by atoms with van der Waals surface area (Å²) in [5, 5.41) is 3.89. The van der Waals surface area contributed by atoms with E-state index in [2.05, 4.69) is 10.1 Å². The molecule has 0 fully saturated rings. The largest absolute Gasteiger partial charge is 0.493 e. The molecule has 0 bridgehead atoms. The molecule has 0 spiro atoms. The van der Waals surface area contributed by atoms with Crippen LogP contribution in [0.2, 0.25) is 0 Å². The van der Waals surface area contributed by atoms with Gasteiger partial charge in [0.25, 0.3) is 5.89 Å². The molecule has 31 heavy (non-hydrogen) atoms. The van der Waals surface area contributed by atoms with Crippen LogP contribution in [0.15, 0.2) is 47.0 Å². The summed E-state index contributed by atoms with van der Waals surface area (Å²) in [7, 11) is 3.08. The van der Waals surface area contributed by atoms with E-state index in [9.17, 15) is 9.59 Å². The predicted octanol–water partition coefficient (Wildman–Crippen LogP) is 3.47. The van der Waals surface area contributed by atoms with Crippen LogP contribution < -0.4 is 14.2 Å². The molecular weight excluding hydrogens is 404 g/mol. The van der Waals surface area contributed by atoms with Crippen molar-refractivity contribution in [3.63, 3.8) is 0 Å². The number of nitrogens with zero attached hydrogens (tertiary/aromatic N) is 2. The van der Waals surface area contributed by atoms with E-state index in [1.807, 2.05) is 0 Å². The highest BCUT2D eigenvalue weighted by molar-refractivity contribution is 5.94. The van der Waals surface area contributed by atoms with Gasteiger partial charge in [-0.1, -0.05) is 5.16 Å². The first-order valence-electron chi connectivity index (χ1n) is 9.44. The third-order valence-electron chi connectivity index (χ3n) is 4.30. The number of rotatable bonds is 10. The summed E-state index contributed by atoms with van der Waals surface area (Å²) in [5.41, 5.74) is 1.27. The Morgan fingerprint density at radius 2 is 1.74 bits per heavy atom. The van der Waals surface area contributed by atoms with Gasteiger partial charge in [-0.2, -0.15) is 4.98 Å². The van der Waals surface area contributed by atoms with Gasteiger partial charge >= 0.3 is 5.97 Å². The number of methoxy groups -OCH3 is 2. The van der Waals surface area contributed by atoms with Gasteiger partial charge in [0.2, 0.25) is 5.82 Å². The summed E-state index contributed by atoms with van der Waals surface area (Å²) in [6.45, 7) is 1.48. The van der Waals surface area contributed by atoms with Gasteiger partial charge in [0.05, 0.1) is 27.2 Å². The van der Waals surface area contributed by atoms with Gasteiger partial charge in [0.1, 0.15) is 5.75 Å². The minimum atomic E-state index is -0.466. The molecule has 2 aromatic carbocycles. The molecule has 0 aliphatic rings. The maximum absolute atomic E-state index is 11.9. The fourth-order valence-electron chi connectivity index (χ4n) is 2.66. The second-order valence-corrected chi connectivity index (χ2v) is 6.42. The molecule has 0 aliphatic carbocycles. The molecular formula is C22H22N2O7. The lowest BCUT2D eigenvalue weighted by Gasteiger charge is -2.07. The number of hydrogen-bond acceptors (Lipinski definition) is 9. The number of Topliss-reactive ketones (excluding diaryl/α,β-unsaturated/α-hetero) is 1. The van der Waals surface area contributed by atoms with Crippen LogP contribution in [0.1, 0.15) is 29.6 Å². The van der Waals surface area contributed by atoms with Gasteiger partial charge in [0, 0.05) is 11.1 Å². The number of carbonyl (C=O) groups is 2. The van der Waals surface area contributed by atoms with Crippen molar-refractivity contribution in [3.05, 3.63) is 53.9 Å². The van der Waals surface area contributed by atoms with Crippen LogP contribution in [0.4, 0.5) is 0 Å². The first kappa shape index (κ1) is 21.8. The van der Waals surface area contributed by atoms with E-state index in [0.717, 1.165) is 0 Å². The molecule has 0 saturated carbocycles. The molecule has 1 heterocycles. The number of ketones is 1. The average molecular weight is 426 g/mol. The van der Waals surface area contributed by atoms with Crippen molar-refractivity contribution in [2.45, 2.75) is 20.0 Å². The minimum absolute atomic E-state index is 0.0227. The fourth-order valence-corrected chi connectivity index (χ4v) is 2.66. The Balaban J connectivity index is 1.47. The number of esters is 1. The Hall–Kier alpha value is -3.88. The van der Waals surface area contributed by atoms with Crippen molar-refractivity contribution in [1.82, 2.24) is 10.1 Å². The monoisotopic (exact) mass is 426 g/mol. The molecule has 3 rings (SSSR count). The van der Waals surface area contributed by atoms with Gasteiger partial charge < -0.3 is 23.5 Å². The van der Waals surface area contributed by atoms with Crippen LogP contribution in [-0.2, 0) is 16.1 Å². The predicted molar refractivity (Wildman–Crippen MR) is 109 cm³/mol. The summed E-state index contributed by atoms with van der Waals surface area (Å²) in [4.78, 5) is 27.4. The Morgan fingerprint density at radius 1 is 1.00 bits per heavy atom. The van der Waals surface area contributed by atoms with Crippen molar-refractivity contribution in [2.75, 3.05) is 20.8 Å². The van der Waals surface area contributed by atoms with Crippen molar-refractivity contribution in [3.8, 4) is 28.6 Å². The van der Waals surface area contributed by atoms with Crippen molar-refractivity contribution in [1.29, 1.82) is 0 Å². The zero-order valence-corrected chi connectivity index (χ0v) is 17.4. The number of benzene rings is 2. The molecule has 0 aliphatic heterocycles.